The fraction of sp³-hybridized carbons (Fsp3) is 0.739. The third kappa shape index (κ3) is 4.82. The van der Waals surface area contributed by atoms with Crippen LogP contribution in [-0.4, -0.2) is 19.5 Å². The largest absolute Gasteiger partial charge is 0.350 e. The van der Waals surface area contributed by atoms with E-state index in [0.717, 1.165) is 48.3 Å². The Balaban J connectivity index is 1.18. The lowest BCUT2D eigenvalue weighted by atomic mass is 9.68. The minimum atomic E-state index is 0.0934. The highest BCUT2D eigenvalue weighted by molar-refractivity contribution is 6.30. The second-order valence-corrected chi connectivity index (χ2v) is 9.13. The Bertz CT molecular complexity index is 536. The summed E-state index contributed by atoms with van der Waals surface area (Å²) < 4.78 is 11.2. The van der Waals surface area contributed by atoms with Gasteiger partial charge in [-0.05, 0) is 92.7 Å². The van der Waals surface area contributed by atoms with E-state index in [1.807, 2.05) is 12.1 Å². The monoisotopic (exact) mass is 376 g/mol. The van der Waals surface area contributed by atoms with Crippen molar-refractivity contribution >= 4 is 11.6 Å². The summed E-state index contributed by atoms with van der Waals surface area (Å²) in [4.78, 5) is 0. The first-order valence-electron chi connectivity index (χ1n) is 10.8. The van der Waals surface area contributed by atoms with Gasteiger partial charge >= 0.3 is 0 Å². The Labute approximate surface area is 163 Å². The molecule has 1 aromatic carbocycles. The molecule has 0 spiro atoms. The Hall–Kier alpha value is -0.570. The minimum Gasteiger partial charge on any atom is -0.350 e. The Morgan fingerprint density at radius 2 is 1.31 bits per heavy atom. The molecule has 2 aliphatic carbocycles. The maximum absolute atomic E-state index is 6.03. The fourth-order valence-electron chi connectivity index (χ4n) is 5.55. The topological polar surface area (TPSA) is 18.5 Å². The second-order valence-electron chi connectivity index (χ2n) is 8.69. The van der Waals surface area contributed by atoms with Gasteiger partial charge in [0.25, 0.3) is 0 Å². The number of benzene rings is 1. The van der Waals surface area contributed by atoms with Crippen molar-refractivity contribution < 1.29 is 9.47 Å². The molecule has 1 saturated heterocycles. The summed E-state index contributed by atoms with van der Waals surface area (Å²) in [5, 5.41) is 0.852. The Kier molecular flexibility index (Phi) is 6.56. The van der Waals surface area contributed by atoms with Crippen LogP contribution in [0.5, 0.6) is 0 Å². The van der Waals surface area contributed by atoms with Gasteiger partial charge in [0, 0.05) is 5.02 Å². The van der Waals surface area contributed by atoms with Gasteiger partial charge in [0.1, 0.15) is 0 Å². The molecule has 0 radical (unpaired) electrons. The van der Waals surface area contributed by atoms with Gasteiger partial charge < -0.3 is 9.47 Å². The van der Waals surface area contributed by atoms with Crippen LogP contribution in [0.15, 0.2) is 24.3 Å². The van der Waals surface area contributed by atoms with Crippen LogP contribution in [-0.2, 0) is 9.47 Å². The summed E-state index contributed by atoms with van der Waals surface area (Å²) in [5.41, 5.74) is 1.49. The van der Waals surface area contributed by atoms with Crippen molar-refractivity contribution in [2.45, 2.75) is 76.4 Å². The van der Waals surface area contributed by atoms with E-state index in [4.69, 9.17) is 21.1 Å². The van der Waals surface area contributed by atoms with Gasteiger partial charge in [0.15, 0.2) is 6.29 Å². The van der Waals surface area contributed by atoms with E-state index in [-0.39, 0.29) is 6.29 Å². The first-order valence-corrected chi connectivity index (χ1v) is 11.1. The van der Waals surface area contributed by atoms with Gasteiger partial charge in [-0.1, -0.05) is 36.6 Å². The zero-order valence-corrected chi connectivity index (χ0v) is 16.6. The first-order chi connectivity index (χ1) is 12.8. The molecular weight excluding hydrogens is 344 g/mol. The maximum atomic E-state index is 6.03. The Morgan fingerprint density at radius 1 is 0.731 bits per heavy atom. The van der Waals surface area contributed by atoms with Gasteiger partial charge in [0.05, 0.1) is 13.2 Å². The molecule has 1 aromatic rings. The molecule has 0 aromatic heterocycles. The van der Waals surface area contributed by atoms with E-state index in [1.54, 1.807) is 0 Å². The van der Waals surface area contributed by atoms with Crippen LogP contribution in [0.2, 0.25) is 5.02 Å². The van der Waals surface area contributed by atoms with Crippen molar-refractivity contribution in [3.63, 3.8) is 0 Å². The molecule has 0 amide bonds. The standard InChI is InChI=1S/C23H33ClO2/c24-22-12-10-21(11-13-22)20-8-6-19(7-9-20)18-4-1-17(2-5-18)3-14-23-25-15-16-26-23/h10-13,17-20,23H,1-9,14-16H2/t17-,18-,19?,20?. The molecule has 1 aliphatic heterocycles. The SMILES string of the molecule is Clc1ccc(C2CCC([C@H]3CC[C@H](CCC4OCCO4)CC3)CC2)cc1. The number of rotatable bonds is 5. The summed E-state index contributed by atoms with van der Waals surface area (Å²) in [6.07, 6.45) is 13.8. The molecule has 0 atom stereocenters. The molecule has 2 saturated carbocycles. The molecule has 144 valence electrons. The predicted molar refractivity (Wildman–Crippen MR) is 107 cm³/mol. The lowest BCUT2D eigenvalue weighted by Crippen LogP contribution is -2.25. The van der Waals surface area contributed by atoms with Crippen LogP contribution < -0.4 is 0 Å². The molecule has 0 bridgehead atoms. The molecule has 3 fully saturated rings. The van der Waals surface area contributed by atoms with E-state index in [0.29, 0.717) is 0 Å². The third-order valence-electron chi connectivity index (χ3n) is 7.17. The highest BCUT2D eigenvalue weighted by Gasteiger charge is 2.31. The van der Waals surface area contributed by atoms with Crippen LogP contribution in [0.4, 0.5) is 0 Å². The highest BCUT2D eigenvalue weighted by Crippen LogP contribution is 2.44. The van der Waals surface area contributed by atoms with E-state index in [9.17, 15) is 0 Å². The van der Waals surface area contributed by atoms with E-state index in [2.05, 4.69) is 12.1 Å². The first kappa shape index (κ1) is 18.8. The summed E-state index contributed by atoms with van der Waals surface area (Å²) in [5.74, 6) is 3.62. The van der Waals surface area contributed by atoms with E-state index in [1.165, 1.54) is 63.4 Å². The summed E-state index contributed by atoms with van der Waals surface area (Å²) >= 11 is 6.03. The van der Waals surface area contributed by atoms with Crippen LogP contribution in [0.3, 0.4) is 0 Å². The smallest absolute Gasteiger partial charge is 0.157 e. The molecule has 2 nitrogen and oxygen atoms in total. The second kappa shape index (κ2) is 9.08. The van der Waals surface area contributed by atoms with Gasteiger partial charge in [-0.15, -0.1) is 0 Å². The van der Waals surface area contributed by atoms with Crippen molar-refractivity contribution in [1.82, 2.24) is 0 Å². The lowest BCUT2D eigenvalue weighted by Gasteiger charge is -2.38. The number of halogens is 1. The normalized spacial score (nSPS) is 33.4. The van der Waals surface area contributed by atoms with Crippen LogP contribution in [0, 0.1) is 17.8 Å². The van der Waals surface area contributed by atoms with Crippen LogP contribution in [0.1, 0.15) is 75.7 Å². The molecule has 4 rings (SSSR count). The zero-order valence-electron chi connectivity index (χ0n) is 15.9. The fourth-order valence-corrected chi connectivity index (χ4v) is 5.68. The van der Waals surface area contributed by atoms with E-state index >= 15 is 0 Å². The summed E-state index contributed by atoms with van der Waals surface area (Å²) in [7, 11) is 0. The van der Waals surface area contributed by atoms with Crippen LogP contribution in [0.25, 0.3) is 0 Å². The van der Waals surface area contributed by atoms with Crippen LogP contribution >= 0.6 is 11.6 Å². The van der Waals surface area contributed by atoms with E-state index < -0.39 is 0 Å². The van der Waals surface area contributed by atoms with Crippen molar-refractivity contribution in [3.05, 3.63) is 34.9 Å². The van der Waals surface area contributed by atoms with Crippen molar-refractivity contribution in [1.29, 1.82) is 0 Å². The summed E-state index contributed by atoms with van der Waals surface area (Å²) in [6.45, 7) is 1.58. The molecule has 0 N–H and O–H groups in total. The number of hydrogen-bond acceptors (Lipinski definition) is 2. The maximum Gasteiger partial charge on any atom is 0.157 e. The number of hydrogen-bond donors (Lipinski definition) is 0. The zero-order chi connectivity index (χ0) is 17.8. The highest BCUT2D eigenvalue weighted by atomic mass is 35.5. The van der Waals surface area contributed by atoms with Gasteiger partial charge in [0.2, 0.25) is 0 Å². The molecule has 3 heteroatoms. The Morgan fingerprint density at radius 3 is 1.92 bits per heavy atom. The van der Waals surface area contributed by atoms with Crippen molar-refractivity contribution in [2.75, 3.05) is 13.2 Å². The average Bonchev–Trinajstić information content (AvgIpc) is 3.21. The van der Waals surface area contributed by atoms with Gasteiger partial charge in [-0.25, -0.2) is 0 Å². The number of ether oxygens (including phenoxy) is 2. The molecule has 0 unspecified atom stereocenters. The predicted octanol–water partition coefficient (Wildman–Crippen LogP) is 6.57. The average molecular weight is 377 g/mol. The van der Waals surface area contributed by atoms with Gasteiger partial charge in [-0.3, -0.25) is 0 Å². The minimum absolute atomic E-state index is 0.0934. The third-order valence-corrected chi connectivity index (χ3v) is 7.42. The van der Waals surface area contributed by atoms with Crippen molar-refractivity contribution in [3.8, 4) is 0 Å². The molecule has 26 heavy (non-hydrogen) atoms. The van der Waals surface area contributed by atoms with Crippen molar-refractivity contribution in [2.24, 2.45) is 17.8 Å². The lowest BCUT2D eigenvalue weighted by molar-refractivity contribution is -0.0514. The molecule has 3 aliphatic rings. The van der Waals surface area contributed by atoms with Gasteiger partial charge in [-0.2, -0.15) is 0 Å². The quantitative estimate of drug-likeness (QED) is 0.578. The summed E-state index contributed by atoms with van der Waals surface area (Å²) in [6, 6.07) is 8.56. The molecule has 1 heterocycles. The molecular formula is C23H33ClO2.